The number of carbonyl (C=O) groups is 1. The summed E-state index contributed by atoms with van der Waals surface area (Å²) in [6.07, 6.45) is 2.58. The van der Waals surface area contributed by atoms with E-state index in [4.69, 9.17) is 0 Å². The summed E-state index contributed by atoms with van der Waals surface area (Å²) >= 11 is 3.16. The number of hydrogen-bond donors (Lipinski definition) is 1. The maximum absolute atomic E-state index is 11.9. The Labute approximate surface area is 109 Å². The van der Waals surface area contributed by atoms with Gasteiger partial charge in [0.15, 0.2) is 0 Å². The molecular formula is C10H6BrN3O4. The number of carbonyl (C=O) groups excluding carboxylic acids is 1. The van der Waals surface area contributed by atoms with Gasteiger partial charge in [0.2, 0.25) is 0 Å². The minimum Gasteiger partial charge on any atom is -0.363 e. The number of non-ortho nitro benzene ring substituents is 1. The van der Waals surface area contributed by atoms with Crippen LogP contribution in [-0.2, 0) is 0 Å². The fraction of sp³-hybridized carbons (Fsp3) is 0. The lowest BCUT2D eigenvalue weighted by molar-refractivity contribution is -0.384. The van der Waals surface area contributed by atoms with Gasteiger partial charge in [0.05, 0.1) is 16.7 Å². The van der Waals surface area contributed by atoms with E-state index in [1.54, 1.807) is 0 Å². The van der Waals surface area contributed by atoms with E-state index in [1.165, 1.54) is 30.7 Å². The molecule has 0 radical (unpaired) electrons. The summed E-state index contributed by atoms with van der Waals surface area (Å²) in [7, 11) is 0. The summed E-state index contributed by atoms with van der Waals surface area (Å²) in [5.74, 6) is -0.492. The second-order valence-electron chi connectivity index (χ2n) is 3.29. The van der Waals surface area contributed by atoms with Gasteiger partial charge in [0, 0.05) is 16.6 Å². The highest BCUT2D eigenvalue weighted by molar-refractivity contribution is 9.10. The van der Waals surface area contributed by atoms with Gasteiger partial charge in [-0.3, -0.25) is 14.9 Å². The van der Waals surface area contributed by atoms with Gasteiger partial charge in [-0.2, -0.15) is 0 Å². The Morgan fingerprint density at radius 3 is 2.89 bits per heavy atom. The van der Waals surface area contributed by atoms with Crippen LogP contribution in [0.3, 0.4) is 0 Å². The Bertz CT molecular complexity index is 597. The number of rotatable bonds is 3. The fourth-order valence-corrected chi connectivity index (χ4v) is 1.69. The topological polar surface area (TPSA) is 98.3 Å². The quantitative estimate of drug-likeness (QED) is 0.694. The van der Waals surface area contributed by atoms with Crippen molar-refractivity contribution in [1.82, 2.24) is 5.16 Å². The van der Waals surface area contributed by atoms with Gasteiger partial charge in [-0.25, -0.2) is 0 Å². The van der Waals surface area contributed by atoms with Crippen LogP contribution in [0.15, 0.2) is 39.7 Å². The molecular weight excluding hydrogens is 306 g/mol. The van der Waals surface area contributed by atoms with Gasteiger partial charge in [0.1, 0.15) is 12.0 Å². The van der Waals surface area contributed by atoms with Crippen LogP contribution in [0.5, 0.6) is 0 Å². The normalized spacial score (nSPS) is 10.1. The molecule has 1 aromatic heterocycles. The van der Waals surface area contributed by atoms with Crippen LogP contribution in [-0.4, -0.2) is 16.0 Å². The van der Waals surface area contributed by atoms with Gasteiger partial charge in [-0.05, 0) is 22.0 Å². The van der Waals surface area contributed by atoms with Gasteiger partial charge < -0.3 is 9.84 Å². The zero-order valence-electron chi connectivity index (χ0n) is 8.79. The summed E-state index contributed by atoms with van der Waals surface area (Å²) in [6, 6.07) is 3.94. The number of halogens is 1. The smallest absolute Gasteiger partial charge is 0.270 e. The SMILES string of the molecule is O=C(Nc1cnoc1)c1cc([N+](=O)[O-])ccc1Br. The Hall–Kier alpha value is -2.22. The first-order valence-corrected chi connectivity index (χ1v) is 5.52. The highest BCUT2D eigenvalue weighted by Crippen LogP contribution is 2.23. The molecule has 1 amide bonds. The van der Waals surface area contributed by atoms with Crippen LogP contribution >= 0.6 is 15.9 Å². The molecule has 92 valence electrons. The summed E-state index contributed by atoms with van der Waals surface area (Å²) in [6.45, 7) is 0. The molecule has 2 rings (SSSR count). The van der Waals surface area contributed by atoms with Gasteiger partial charge in [0.25, 0.3) is 11.6 Å². The number of hydrogen-bond acceptors (Lipinski definition) is 5. The van der Waals surface area contributed by atoms with Crippen LogP contribution in [0.4, 0.5) is 11.4 Å². The monoisotopic (exact) mass is 311 g/mol. The standard InChI is InChI=1S/C10H6BrN3O4/c11-9-2-1-7(14(16)17)3-8(9)10(15)13-6-4-12-18-5-6/h1-5H,(H,13,15). The maximum atomic E-state index is 11.9. The minimum atomic E-state index is -0.567. The predicted molar refractivity (Wildman–Crippen MR) is 65.3 cm³/mol. The summed E-state index contributed by atoms with van der Waals surface area (Å²) in [5.41, 5.74) is 0.373. The van der Waals surface area contributed by atoms with E-state index >= 15 is 0 Å². The molecule has 18 heavy (non-hydrogen) atoms. The van der Waals surface area contributed by atoms with E-state index in [0.717, 1.165) is 0 Å². The molecule has 7 nitrogen and oxygen atoms in total. The van der Waals surface area contributed by atoms with E-state index in [9.17, 15) is 14.9 Å². The largest absolute Gasteiger partial charge is 0.363 e. The van der Waals surface area contributed by atoms with E-state index in [0.29, 0.717) is 10.2 Å². The molecule has 0 aliphatic heterocycles. The molecule has 1 aromatic carbocycles. The molecule has 0 spiro atoms. The molecule has 2 aromatic rings. The molecule has 1 N–H and O–H groups in total. The molecule has 0 saturated carbocycles. The van der Waals surface area contributed by atoms with Crippen molar-refractivity contribution < 1.29 is 14.2 Å². The van der Waals surface area contributed by atoms with Crippen molar-refractivity contribution >= 4 is 33.2 Å². The number of amides is 1. The first-order chi connectivity index (χ1) is 8.58. The molecule has 0 aliphatic carbocycles. The molecule has 8 heteroatoms. The van der Waals surface area contributed by atoms with Crippen molar-refractivity contribution in [3.63, 3.8) is 0 Å². The lowest BCUT2D eigenvalue weighted by Gasteiger charge is -2.04. The first-order valence-electron chi connectivity index (χ1n) is 4.72. The zero-order valence-corrected chi connectivity index (χ0v) is 10.4. The Balaban J connectivity index is 2.29. The van der Waals surface area contributed by atoms with Crippen molar-refractivity contribution in [1.29, 1.82) is 0 Å². The molecule has 0 fully saturated rings. The van der Waals surface area contributed by atoms with Crippen LogP contribution in [0.1, 0.15) is 10.4 Å². The first kappa shape index (κ1) is 12.2. The average Bonchev–Trinajstić information content (AvgIpc) is 2.81. The van der Waals surface area contributed by atoms with E-state index in [1.807, 2.05) is 0 Å². The van der Waals surface area contributed by atoms with E-state index in [2.05, 4.69) is 30.9 Å². The number of nitrogens with zero attached hydrogens (tertiary/aromatic N) is 2. The summed E-state index contributed by atoms with van der Waals surface area (Å²) in [5, 5.41) is 16.6. The van der Waals surface area contributed by atoms with Crippen molar-refractivity contribution in [2.75, 3.05) is 5.32 Å². The van der Waals surface area contributed by atoms with Gasteiger partial charge in [-0.1, -0.05) is 5.16 Å². The molecule has 0 aliphatic rings. The lowest BCUT2D eigenvalue weighted by atomic mass is 10.2. The predicted octanol–water partition coefficient (Wildman–Crippen LogP) is 2.60. The maximum Gasteiger partial charge on any atom is 0.270 e. The van der Waals surface area contributed by atoms with E-state index < -0.39 is 10.8 Å². The Morgan fingerprint density at radius 2 is 2.28 bits per heavy atom. The van der Waals surface area contributed by atoms with Crippen molar-refractivity contribution in [3.8, 4) is 0 Å². The van der Waals surface area contributed by atoms with Crippen molar-refractivity contribution in [2.24, 2.45) is 0 Å². The third kappa shape index (κ3) is 2.54. The number of nitro benzene ring substituents is 1. The third-order valence-corrected chi connectivity index (χ3v) is 2.79. The Morgan fingerprint density at radius 1 is 1.50 bits per heavy atom. The summed E-state index contributed by atoms with van der Waals surface area (Å²) in [4.78, 5) is 21.9. The molecule has 0 atom stereocenters. The highest BCUT2D eigenvalue weighted by Gasteiger charge is 2.16. The number of anilines is 1. The zero-order chi connectivity index (χ0) is 13.1. The second-order valence-corrected chi connectivity index (χ2v) is 4.14. The number of aromatic nitrogens is 1. The molecule has 1 heterocycles. The van der Waals surface area contributed by atoms with E-state index in [-0.39, 0.29) is 11.3 Å². The van der Waals surface area contributed by atoms with Gasteiger partial charge >= 0.3 is 0 Å². The molecule has 0 unspecified atom stereocenters. The highest BCUT2D eigenvalue weighted by atomic mass is 79.9. The molecule has 0 bridgehead atoms. The fourth-order valence-electron chi connectivity index (χ4n) is 1.27. The average molecular weight is 312 g/mol. The molecule has 0 saturated heterocycles. The van der Waals surface area contributed by atoms with Crippen molar-refractivity contribution in [2.45, 2.75) is 0 Å². The van der Waals surface area contributed by atoms with Gasteiger partial charge in [-0.15, -0.1) is 0 Å². The third-order valence-electron chi connectivity index (χ3n) is 2.10. The second kappa shape index (κ2) is 4.96. The number of benzene rings is 1. The lowest BCUT2D eigenvalue weighted by Crippen LogP contribution is -2.12. The van der Waals surface area contributed by atoms with Crippen LogP contribution in [0.25, 0.3) is 0 Å². The van der Waals surface area contributed by atoms with Crippen LogP contribution < -0.4 is 5.32 Å². The Kier molecular flexibility index (Phi) is 3.38. The minimum absolute atomic E-state index is 0.158. The van der Waals surface area contributed by atoms with Crippen LogP contribution in [0.2, 0.25) is 0 Å². The van der Waals surface area contributed by atoms with Crippen molar-refractivity contribution in [3.05, 3.63) is 50.8 Å². The number of nitrogens with one attached hydrogen (secondary N) is 1. The summed E-state index contributed by atoms with van der Waals surface area (Å²) < 4.78 is 5.02. The number of nitro groups is 1. The van der Waals surface area contributed by atoms with Crippen LogP contribution in [0, 0.1) is 10.1 Å².